The largest absolute Gasteiger partial charge is 0.497 e. The number of ether oxygens (including phenoxy) is 1. The molecule has 1 aromatic carbocycles. The van der Waals surface area contributed by atoms with E-state index in [-0.39, 0.29) is 5.91 Å². The van der Waals surface area contributed by atoms with E-state index in [0.717, 1.165) is 22.7 Å². The van der Waals surface area contributed by atoms with Gasteiger partial charge in [-0.15, -0.1) is 0 Å². The van der Waals surface area contributed by atoms with Crippen LogP contribution in [0.2, 0.25) is 0 Å². The molecule has 1 N–H and O–H groups in total. The van der Waals surface area contributed by atoms with Gasteiger partial charge in [-0.3, -0.25) is 9.48 Å². The van der Waals surface area contributed by atoms with Crippen molar-refractivity contribution in [2.24, 2.45) is 0 Å². The Bertz CT molecular complexity index is 620. The zero-order chi connectivity index (χ0) is 15.2. The standard InChI is InChI=1S/C16H21N3O2/c1-12-9-13(2)19(18-12)8-7-17-16(20)11-14-5-4-6-15(10-14)21-3/h4-6,9-10H,7-8,11H2,1-3H3,(H,17,20). The molecule has 21 heavy (non-hydrogen) atoms. The van der Waals surface area contributed by atoms with Gasteiger partial charge in [0, 0.05) is 12.2 Å². The minimum atomic E-state index is 0.00443. The molecule has 2 aromatic rings. The van der Waals surface area contributed by atoms with Crippen molar-refractivity contribution >= 4 is 5.91 Å². The van der Waals surface area contributed by atoms with E-state index in [1.165, 1.54) is 0 Å². The molecule has 0 fully saturated rings. The number of hydrogen-bond donors (Lipinski definition) is 1. The van der Waals surface area contributed by atoms with Crippen LogP contribution < -0.4 is 10.1 Å². The first-order valence-electron chi connectivity index (χ1n) is 6.99. The number of carbonyl (C=O) groups is 1. The van der Waals surface area contributed by atoms with Gasteiger partial charge in [-0.2, -0.15) is 5.10 Å². The number of amides is 1. The molecular formula is C16H21N3O2. The van der Waals surface area contributed by atoms with Gasteiger partial charge in [0.1, 0.15) is 5.75 Å². The molecule has 0 bridgehead atoms. The molecule has 0 radical (unpaired) electrons. The zero-order valence-electron chi connectivity index (χ0n) is 12.7. The molecule has 2 rings (SSSR count). The van der Waals surface area contributed by atoms with Crippen molar-refractivity contribution in [2.45, 2.75) is 26.8 Å². The molecule has 112 valence electrons. The van der Waals surface area contributed by atoms with Crippen molar-refractivity contribution in [1.29, 1.82) is 0 Å². The Morgan fingerprint density at radius 2 is 2.14 bits per heavy atom. The van der Waals surface area contributed by atoms with Crippen LogP contribution in [-0.4, -0.2) is 29.3 Å². The lowest BCUT2D eigenvalue weighted by molar-refractivity contribution is -0.120. The van der Waals surface area contributed by atoms with Crippen molar-refractivity contribution < 1.29 is 9.53 Å². The van der Waals surface area contributed by atoms with Crippen molar-refractivity contribution in [3.05, 3.63) is 47.3 Å². The van der Waals surface area contributed by atoms with Crippen LogP contribution in [0.25, 0.3) is 0 Å². The lowest BCUT2D eigenvalue weighted by Gasteiger charge is -2.08. The first kappa shape index (κ1) is 15.1. The Balaban J connectivity index is 1.80. The van der Waals surface area contributed by atoms with E-state index >= 15 is 0 Å². The Kier molecular flexibility index (Phi) is 4.98. The second-order valence-corrected chi connectivity index (χ2v) is 5.03. The van der Waals surface area contributed by atoms with E-state index in [1.807, 2.05) is 48.9 Å². The summed E-state index contributed by atoms with van der Waals surface area (Å²) in [6.07, 6.45) is 0.355. The highest BCUT2D eigenvalue weighted by Crippen LogP contribution is 2.12. The van der Waals surface area contributed by atoms with Gasteiger partial charge in [0.2, 0.25) is 5.91 Å². The first-order chi connectivity index (χ1) is 10.1. The summed E-state index contributed by atoms with van der Waals surface area (Å²) in [5.41, 5.74) is 3.04. The zero-order valence-corrected chi connectivity index (χ0v) is 12.7. The summed E-state index contributed by atoms with van der Waals surface area (Å²) in [6, 6.07) is 9.57. The van der Waals surface area contributed by atoms with Crippen LogP contribution in [0, 0.1) is 13.8 Å². The van der Waals surface area contributed by atoms with Gasteiger partial charge >= 0.3 is 0 Å². The lowest BCUT2D eigenvalue weighted by atomic mass is 10.1. The number of methoxy groups -OCH3 is 1. The molecule has 0 aliphatic carbocycles. The molecule has 1 amide bonds. The van der Waals surface area contributed by atoms with E-state index in [1.54, 1.807) is 7.11 Å². The predicted octanol–water partition coefficient (Wildman–Crippen LogP) is 1.87. The number of nitrogens with zero attached hydrogens (tertiary/aromatic N) is 2. The Morgan fingerprint density at radius 3 is 2.81 bits per heavy atom. The van der Waals surface area contributed by atoms with Gasteiger partial charge < -0.3 is 10.1 Å². The predicted molar refractivity (Wildman–Crippen MR) is 81.4 cm³/mol. The number of nitrogens with one attached hydrogen (secondary N) is 1. The molecule has 1 aromatic heterocycles. The molecule has 0 spiro atoms. The van der Waals surface area contributed by atoms with Gasteiger partial charge in [0.15, 0.2) is 0 Å². The van der Waals surface area contributed by atoms with E-state index in [2.05, 4.69) is 10.4 Å². The molecule has 0 aliphatic heterocycles. The molecular weight excluding hydrogens is 266 g/mol. The van der Waals surface area contributed by atoms with Gasteiger partial charge in [-0.1, -0.05) is 12.1 Å². The van der Waals surface area contributed by atoms with Crippen LogP contribution in [-0.2, 0) is 17.8 Å². The van der Waals surface area contributed by atoms with Gasteiger partial charge in [-0.05, 0) is 37.6 Å². The summed E-state index contributed by atoms with van der Waals surface area (Å²) in [4.78, 5) is 11.9. The fraction of sp³-hybridized carbons (Fsp3) is 0.375. The summed E-state index contributed by atoms with van der Waals surface area (Å²) in [5, 5.41) is 7.28. The lowest BCUT2D eigenvalue weighted by Crippen LogP contribution is -2.29. The van der Waals surface area contributed by atoms with Gasteiger partial charge in [-0.25, -0.2) is 0 Å². The maximum Gasteiger partial charge on any atom is 0.224 e. The topological polar surface area (TPSA) is 56.1 Å². The van der Waals surface area contributed by atoms with Crippen molar-refractivity contribution in [3.63, 3.8) is 0 Å². The summed E-state index contributed by atoms with van der Waals surface area (Å²) in [5.74, 6) is 0.771. The number of rotatable bonds is 6. The normalized spacial score (nSPS) is 10.4. The Hall–Kier alpha value is -2.30. The van der Waals surface area contributed by atoms with Gasteiger partial charge in [0.25, 0.3) is 0 Å². The summed E-state index contributed by atoms with van der Waals surface area (Å²) < 4.78 is 7.05. The van der Waals surface area contributed by atoms with Crippen LogP contribution >= 0.6 is 0 Å². The summed E-state index contributed by atoms with van der Waals surface area (Å²) in [6.45, 7) is 5.23. The smallest absolute Gasteiger partial charge is 0.224 e. The minimum absolute atomic E-state index is 0.00443. The van der Waals surface area contributed by atoms with Crippen LogP contribution in [0.15, 0.2) is 30.3 Å². The van der Waals surface area contributed by atoms with Crippen LogP contribution in [0.3, 0.4) is 0 Å². The molecule has 0 saturated carbocycles. The molecule has 0 saturated heterocycles. The number of carbonyl (C=O) groups excluding carboxylic acids is 1. The maximum absolute atomic E-state index is 11.9. The van der Waals surface area contributed by atoms with E-state index < -0.39 is 0 Å². The van der Waals surface area contributed by atoms with Crippen molar-refractivity contribution in [3.8, 4) is 5.75 Å². The third-order valence-corrected chi connectivity index (χ3v) is 3.25. The average molecular weight is 287 g/mol. The van der Waals surface area contributed by atoms with Crippen molar-refractivity contribution in [1.82, 2.24) is 15.1 Å². The fourth-order valence-corrected chi connectivity index (χ4v) is 2.23. The third kappa shape index (κ3) is 4.34. The summed E-state index contributed by atoms with van der Waals surface area (Å²) >= 11 is 0. The highest BCUT2D eigenvalue weighted by Gasteiger charge is 2.05. The monoisotopic (exact) mass is 287 g/mol. The number of benzene rings is 1. The van der Waals surface area contributed by atoms with Crippen LogP contribution in [0.4, 0.5) is 0 Å². The Labute approximate surface area is 124 Å². The summed E-state index contributed by atoms with van der Waals surface area (Å²) in [7, 11) is 1.62. The minimum Gasteiger partial charge on any atom is -0.497 e. The SMILES string of the molecule is COc1cccc(CC(=O)NCCn2nc(C)cc2C)c1. The van der Waals surface area contributed by atoms with E-state index in [0.29, 0.717) is 19.5 Å². The molecule has 1 heterocycles. The van der Waals surface area contributed by atoms with Crippen molar-refractivity contribution in [2.75, 3.05) is 13.7 Å². The maximum atomic E-state index is 11.9. The average Bonchev–Trinajstić information content (AvgIpc) is 2.77. The number of hydrogen-bond acceptors (Lipinski definition) is 3. The Morgan fingerprint density at radius 1 is 1.33 bits per heavy atom. The molecule has 5 heteroatoms. The third-order valence-electron chi connectivity index (χ3n) is 3.25. The van der Waals surface area contributed by atoms with Crippen LogP contribution in [0.1, 0.15) is 17.0 Å². The molecule has 0 unspecified atom stereocenters. The highest BCUT2D eigenvalue weighted by molar-refractivity contribution is 5.78. The highest BCUT2D eigenvalue weighted by atomic mass is 16.5. The van der Waals surface area contributed by atoms with Gasteiger partial charge in [0.05, 0.1) is 25.8 Å². The van der Waals surface area contributed by atoms with E-state index in [9.17, 15) is 4.79 Å². The number of aromatic nitrogens is 2. The fourth-order valence-electron chi connectivity index (χ4n) is 2.23. The second kappa shape index (κ2) is 6.92. The van der Waals surface area contributed by atoms with E-state index in [4.69, 9.17) is 4.74 Å². The molecule has 5 nitrogen and oxygen atoms in total. The number of aryl methyl sites for hydroxylation is 2. The molecule has 0 aliphatic rings. The quantitative estimate of drug-likeness (QED) is 0.882. The molecule has 0 atom stereocenters. The van der Waals surface area contributed by atoms with Crippen LogP contribution in [0.5, 0.6) is 5.75 Å². The second-order valence-electron chi connectivity index (χ2n) is 5.03. The first-order valence-corrected chi connectivity index (χ1v) is 6.99.